The molecule has 0 aliphatic carbocycles. The summed E-state index contributed by atoms with van der Waals surface area (Å²) in [6.07, 6.45) is 3.73. The lowest BCUT2D eigenvalue weighted by Crippen LogP contribution is -2.49. The van der Waals surface area contributed by atoms with Crippen molar-refractivity contribution in [3.05, 3.63) is 64.7 Å². The fourth-order valence-electron chi connectivity index (χ4n) is 4.37. The number of amides is 1. The summed E-state index contributed by atoms with van der Waals surface area (Å²) in [5.41, 5.74) is 1.69. The van der Waals surface area contributed by atoms with Gasteiger partial charge in [0.25, 0.3) is 5.91 Å². The Hall–Kier alpha value is -1.93. The summed E-state index contributed by atoms with van der Waals surface area (Å²) >= 11 is 6.26. The number of rotatable bonds is 6. The minimum Gasteiger partial charge on any atom is -0.336 e. The van der Waals surface area contributed by atoms with Crippen molar-refractivity contribution in [1.82, 2.24) is 14.1 Å². The first kappa shape index (κ1) is 23.2. The molecule has 0 unspecified atom stereocenters. The van der Waals surface area contributed by atoms with E-state index >= 15 is 0 Å². The molecule has 2 aromatic carbocycles. The van der Waals surface area contributed by atoms with Gasteiger partial charge >= 0.3 is 0 Å². The molecule has 0 aromatic heterocycles. The van der Waals surface area contributed by atoms with Crippen LogP contribution in [0.25, 0.3) is 0 Å². The molecule has 2 saturated heterocycles. The zero-order valence-electron chi connectivity index (χ0n) is 18.2. The number of carbonyl (C=O) groups is 1. The fourth-order valence-corrected chi connectivity index (χ4v) is 6.38. The number of piperidine rings is 1. The average molecular weight is 476 g/mol. The van der Waals surface area contributed by atoms with Crippen molar-refractivity contribution in [2.75, 3.05) is 45.8 Å². The van der Waals surface area contributed by atoms with Gasteiger partial charge in [0.05, 0.1) is 5.02 Å². The molecule has 0 N–H and O–H groups in total. The SMILES string of the molecule is O=C(c1ccc(Cl)c(S(=O)(=O)N2CCCCC2)c1)N1CCN(CCc2ccccc2)CC1. The van der Waals surface area contributed by atoms with Crippen LogP contribution in [0.5, 0.6) is 0 Å². The zero-order valence-corrected chi connectivity index (χ0v) is 19.8. The maximum Gasteiger partial charge on any atom is 0.253 e. The highest BCUT2D eigenvalue weighted by atomic mass is 35.5. The van der Waals surface area contributed by atoms with E-state index in [1.54, 1.807) is 11.0 Å². The molecular formula is C24H30ClN3O3S. The second kappa shape index (κ2) is 10.3. The molecule has 2 aliphatic rings. The van der Waals surface area contributed by atoms with Crippen molar-refractivity contribution in [2.45, 2.75) is 30.6 Å². The third kappa shape index (κ3) is 5.34. The topological polar surface area (TPSA) is 60.9 Å². The van der Waals surface area contributed by atoms with Gasteiger partial charge in [0.2, 0.25) is 10.0 Å². The van der Waals surface area contributed by atoms with E-state index in [1.165, 1.54) is 22.0 Å². The van der Waals surface area contributed by atoms with Gasteiger partial charge in [-0.2, -0.15) is 4.31 Å². The average Bonchev–Trinajstić information content (AvgIpc) is 2.84. The summed E-state index contributed by atoms with van der Waals surface area (Å²) in [5.74, 6) is -0.139. The second-order valence-corrected chi connectivity index (χ2v) is 10.8. The van der Waals surface area contributed by atoms with Gasteiger partial charge < -0.3 is 4.90 Å². The third-order valence-electron chi connectivity index (χ3n) is 6.33. The monoisotopic (exact) mass is 475 g/mol. The summed E-state index contributed by atoms with van der Waals surface area (Å²) in [7, 11) is -3.70. The van der Waals surface area contributed by atoms with E-state index in [0.29, 0.717) is 31.7 Å². The highest BCUT2D eigenvalue weighted by Gasteiger charge is 2.30. The smallest absolute Gasteiger partial charge is 0.253 e. The minimum atomic E-state index is -3.70. The van der Waals surface area contributed by atoms with Gasteiger partial charge in [-0.25, -0.2) is 8.42 Å². The van der Waals surface area contributed by atoms with E-state index in [2.05, 4.69) is 29.2 Å². The summed E-state index contributed by atoms with van der Waals surface area (Å²) in [5, 5.41) is 0.165. The van der Waals surface area contributed by atoms with E-state index in [4.69, 9.17) is 11.6 Å². The van der Waals surface area contributed by atoms with Gasteiger partial charge in [0.15, 0.2) is 0 Å². The number of piperazine rings is 1. The molecule has 1 amide bonds. The van der Waals surface area contributed by atoms with Crippen LogP contribution in [0.4, 0.5) is 0 Å². The Morgan fingerprint density at radius 3 is 2.25 bits per heavy atom. The molecule has 2 aromatic rings. The van der Waals surface area contributed by atoms with E-state index in [-0.39, 0.29) is 15.8 Å². The molecule has 172 valence electrons. The molecule has 4 rings (SSSR count). The Labute approximate surface area is 195 Å². The number of carbonyl (C=O) groups excluding carboxylic acids is 1. The van der Waals surface area contributed by atoms with Crippen molar-refractivity contribution in [1.29, 1.82) is 0 Å². The quantitative estimate of drug-likeness (QED) is 0.641. The van der Waals surface area contributed by atoms with Gasteiger partial charge in [0.1, 0.15) is 4.90 Å². The van der Waals surface area contributed by atoms with Crippen molar-refractivity contribution in [3.63, 3.8) is 0 Å². The number of sulfonamides is 1. The molecule has 0 atom stereocenters. The summed E-state index contributed by atoms with van der Waals surface area (Å²) in [4.78, 5) is 17.3. The minimum absolute atomic E-state index is 0.0356. The van der Waals surface area contributed by atoms with E-state index in [1.807, 2.05) is 6.07 Å². The number of hydrogen-bond acceptors (Lipinski definition) is 4. The Morgan fingerprint density at radius 1 is 0.875 bits per heavy atom. The predicted molar refractivity (Wildman–Crippen MR) is 127 cm³/mol. The zero-order chi connectivity index (χ0) is 22.6. The van der Waals surface area contributed by atoms with Gasteiger partial charge in [-0.15, -0.1) is 0 Å². The van der Waals surface area contributed by atoms with Gasteiger partial charge in [0, 0.05) is 51.4 Å². The Bertz CT molecular complexity index is 1030. The third-order valence-corrected chi connectivity index (χ3v) is 8.71. The molecular weight excluding hydrogens is 446 g/mol. The molecule has 0 spiro atoms. The van der Waals surface area contributed by atoms with Crippen LogP contribution >= 0.6 is 11.6 Å². The van der Waals surface area contributed by atoms with Crippen molar-refractivity contribution >= 4 is 27.5 Å². The van der Waals surface area contributed by atoms with Crippen molar-refractivity contribution in [3.8, 4) is 0 Å². The maximum atomic E-state index is 13.1. The number of halogens is 1. The first-order valence-electron chi connectivity index (χ1n) is 11.3. The highest BCUT2D eigenvalue weighted by Crippen LogP contribution is 2.28. The summed E-state index contributed by atoms with van der Waals surface area (Å²) in [6.45, 7) is 4.85. The normalized spacial score (nSPS) is 18.6. The molecule has 2 heterocycles. The Morgan fingerprint density at radius 2 is 1.56 bits per heavy atom. The van der Waals surface area contributed by atoms with Gasteiger partial charge in [-0.1, -0.05) is 48.4 Å². The molecule has 6 nitrogen and oxygen atoms in total. The van der Waals surface area contributed by atoms with Crippen LogP contribution in [0.1, 0.15) is 35.2 Å². The lowest BCUT2D eigenvalue weighted by Gasteiger charge is -2.35. The Kier molecular flexibility index (Phi) is 7.51. The van der Waals surface area contributed by atoms with Crippen LogP contribution in [0.15, 0.2) is 53.4 Å². The van der Waals surface area contributed by atoms with Crippen molar-refractivity contribution < 1.29 is 13.2 Å². The van der Waals surface area contributed by atoms with E-state index in [0.717, 1.165) is 45.3 Å². The van der Waals surface area contributed by atoms with Crippen LogP contribution in [0.3, 0.4) is 0 Å². The number of nitrogens with zero attached hydrogens (tertiary/aromatic N) is 3. The summed E-state index contributed by atoms with van der Waals surface area (Å²) in [6, 6.07) is 15.0. The molecule has 0 saturated carbocycles. The largest absolute Gasteiger partial charge is 0.336 e. The molecule has 32 heavy (non-hydrogen) atoms. The molecule has 0 bridgehead atoms. The number of hydrogen-bond donors (Lipinski definition) is 0. The second-order valence-electron chi connectivity index (χ2n) is 8.48. The van der Waals surface area contributed by atoms with Crippen LogP contribution in [0.2, 0.25) is 5.02 Å². The van der Waals surface area contributed by atoms with Crippen LogP contribution in [-0.4, -0.2) is 74.2 Å². The lowest BCUT2D eigenvalue weighted by molar-refractivity contribution is 0.0638. The number of benzene rings is 2. The first-order chi connectivity index (χ1) is 15.4. The van der Waals surface area contributed by atoms with Crippen LogP contribution in [-0.2, 0) is 16.4 Å². The summed E-state index contributed by atoms with van der Waals surface area (Å²) < 4.78 is 27.7. The lowest BCUT2D eigenvalue weighted by atomic mass is 10.1. The standard InChI is InChI=1S/C24H30ClN3O3S/c25-22-10-9-21(19-23(22)32(30,31)28-12-5-2-6-13-28)24(29)27-17-15-26(16-18-27)14-11-20-7-3-1-4-8-20/h1,3-4,7-10,19H,2,5-6,11-18H2. The fraction of sp³-hybridized carbons (Fsp3) is 0.458. The molecule has 0 radical (unpaired) electrons. The molecule has 8 heteroatoms. The van der Waals surface area contributed by atoms with Crippen LogP contribution < -0.4 is 0 Å². The van der Waals surface area contributed by atoms with Crippen molar-refractivity contribution in [2.24, 2.45) is 0 Å². The van der Waals surface area contributed by atoms with Crippen LogP contribution in [0, 0.1) is 0 Å². The first-order valence-corrected chi connectivity index (χ1v) is 13.1. The Balaban J connectivity index is 1.39. The predicted octanol–water partition coefficient (Wildman–Crippen LogP) is 3.52. The maximum absolute atomic E-state index is 13.1. The molecule has 2 fully saturated rings. The van der Waals surface area contributed by atoms with Gasteiger partial charge in [-0.3, -0.25) is 9.69 Å². The van der Waals surface area contributed by atoms with E-state index < -0.39 is 10.0 Å². The van der Waals surface area contributed by atoms with Gasteiger partial charge in [-0.05, 0) is 43.0 Å². The molecule has 2 aliphatic heterocycles. The highest BCUT2D eigenvalue weighted by molar-refractivity contribution is 7.89. The van der Waals surface area contributed by atoms with E-state index in [9.17, 15) is 13.2 Å².